The third-order valence-electron chi connectivity index (χ3n) is 3.25. The van der Waals surface area contributed by atoms with E-state index in [9.17, 15) is 0 Å². The highest BCUT2D eigenvalue weighted by Crippen LogP contribution is 2.34. The van der Waals surface area contributed by atoms with Gasteiger partial charge in [-0.2, -0.15) is 4.98 Å². The molecule has 106 valence electrons. The Kier molecular flexibility index (Phi) is 3.31. The van der Waals surface area contributed by atoms with Gasteiger partial charge < -0.3 is 19.7 Å². The Balaban J connectivity index is 1.89. The highest BCUT2D eigenvalue weighted by Gasteiger charge is 2.20. The van der Waals surface area contributed by atoms with Crippen molar-refractivity contribution in [3.8, 4) is 22.9 Å². The predicted octanol–water partition coefficient (Wildman–Crippen LogP) is 2.16. The first-order valence-corrected chi connectivity index (χ1v) is 6.64. The molecule has 3 rings (SSSR count). The summed E-state index contributed by atoms with van der Waals surface area (Å²) in [5.41, 5.74) is 6.82. The lowest BCUT2D eigenvalue weighted by Gasteiger charge is -2.18. The van der Waals surface area contributed by atoms with Crippen LogP contribution in [-0.2, 0) is 0 Å². The number of aromatic nitrogens is 2. The van der Waals surface area contributed by atoms with E-state index in [-0.39, 0.29) is 12.0 Å². The van der Waals surface area contributed by atoms with Crippen molar-refractivity contribution >= 4 is 0 Å². The van der Waals surface area contributed by atoms with Gasteiger partial charge in [0.05, 0.1) is 6.04 Å². The van der Waals surface area contributed by atoms with Gasteiger partial charge >= 0.3 is 0 Å². The molecule has 0 saturated carbocycles. The molecule has 2 heterocycles. The molecule has 2 N–H and O–H groups in total. The monoisotopic (exact) mass is 275 g/mol. The van der Waals surface area contributed by atoms with E-state index in [2.05, 4.69) is 10.1 Å². The number of benzene rings is 1. The average molecular weight is 275 g/mol. The van der Waals surface area contributed by atoms with Crippen molar-refractivity contribution in [3.05, 3.63) is 24.1 Å². The summed E-state index contributed by atoms with van der Waals surface area (Å²) >= 11 is 0. The largest absolute Gasteiger partial charge is 0.486 e. The molecule has 1 aromatic carbocycles. The molecule has 0 spiro atoms. The minimum atomic E-state index is -0.256. The molecular weight excluding hydrogens is 258 g/mol. The van der Waals surface area contributed by atoms with Crippen LogP contribution in [0.1, 0.15) is 25.8 Å². The smallest absolute Gasteiger partial charge is 0.244 e. The van der Waals surface area contributed by atoms with E-state index in [1.54, 1.807) is 0 Å². The minimum Gasteiger partial charge on any atom is -0.486 e. The highest BCUT2D eigenvalue weighted by atomic mass is 16.6. The number of hydrogen-bond acceptors (Lipinski definition) is 6. The van der Waals surface area contributed by atoms with Crippen LogP contribution in [0.4, 0.5) is 0 Å². The quantitative estimate of drug-likeness (QED) is 0.924. The summed E-state index contributed by atoms with van der Waals surface area (Å²) in [5.74, 6) is 2.64. The maximum atomic E-state index is 6.00. The molecule has 0 amide bonds. The van der Waals surface area contributed by atoms with Gasteiger partial charge in [0.2, 0.25) is 11.7 Å². The summed E-state index contributed by atoms with van der Waals surface area (Å²) in [6.07, 6.45) is 0. The van der Waals surface area contributed by atoms with E-state index in [4.69, 9.17) is 19.7 Å². The van der Waals surface area contributed by atoms with E-state index in [0.717, 1.165) is 11.3 Å². The Morgan fingerprint density at radius 3 is 2.65 bits per heavy atom. The van der Waals surface area contributed by atoms with Gasteiger partial charge in [-0.15, -0.1) is 0 Å². The number of hydrogen-bond donors (Lipinski definition) is 1. The standard InChI is InChI=1S/C14H17N3O3/c1-8(2)12(15)14-16-13(17-20-14)9-3-4-10-11(7-9)19-6-5-18-10/h3-4,7-8,12H,5-6,15H2,1-2H3. The van der Waals surface area contributed by atoms with Gasteiger partial charge in [0.1, 0.15) is 13.2 Å². The van der Waals surface area contributed by atoms with Gasteiger partial charge in [-0.05, 0) is 24.1 Å². The molecule has 1 atom stereocenters. The van der Waals surface area contributed by atoms with E-state index in [1.165, 1.54) is 0 Å². The molecule has 2 aromatic rings. The molecule has 0 radical (unpaired) electrons. The first-order chi connectivity index (χ1) is 9.65. The fourth-order valence-corrected chi connectivity index (χ4v) is 1.96. The van der Waals surface area contributed by atoms with Crippen LogP contribution in [-0.4, -0.2) is 23.4 Å². The third kappa shape index (κ3) is 2.34. The molecule has 1 aliphatic heterocycles. The van der Waals surface area contributed by atoms with Crippen LogP contribution in [0.15, 0.2) is 22.7 Å². The van der Waals surface area contributed by atoms with E-state index in [1.807, 2.05) is 32.0 Å². The summed E-state index contributed by atoms with van der Waals surface area (Å²) in [4.78, 5) is 4.35. The second-order valence-corrected chi connectivity index (χ2v) is 5.08. The Hall–Kier alpha value is -2.08. The SMILES string of the molecule is CC(C)C(N)c1nc(-c2ccc3c(c2)OCCO3)no1. The van der Waals surface area contributed by atoms with Gasteiger partial charge in [-0.3, -0.25) is 0 Å². The van der Waals surface area contributed by atoms with E-state index < -0.39 is 0 Å². The van der Waals surface area contributed by atoms with E-state index in [0.29, 0.717) is 30.7 Å². The molecule has 6 nitrogen and oxygen atoms in total. The predicted molar refractivity (Wildman–Crippen MR) is 72.5 cm³/mol. The number of fused-ring (bicyclic) bond motifs is 1. The number of ether oxygens (including phenoxy) is 2. The average Bonchev–Trinajstić information content (AvgIpc) is 2.95. The molecule has 1 unspecified atom stereocenters. The van der Waals surface area contributed by atoms with E-state index >= 15 is 0 Å². The van der Waals surface area contributed by atoms with Crippen molar-refractivity contribution in [1.82, 2.24) is 10.1 Å². The molecule has 0 aliphatic carbocycles. The van der Waals surface area contributed by atoms with Crippen LogP contribution >= 0.6 is 0 Å². The van der Waals surface area contributed by atoms with Gasteiger partial charge in [0.25, 0.3) is 0 Å². The highest BCUT2D eigenvalue weighted by molar-refractivity contribution is 5.61. The molecule has 0 bridgehead atoms. The zero-order valence-corrected chi connectivity index (χ0v) is 11.5. The lowest BCUT2D eigenvalue weighted by molar-refractivity contribution is 0.171. The Bertz CT molecular complexity index is 609. The normalized spacial score (nSPS) is 15.4. The third-order valence-corrected chi connectivity index (χ3v) is 3.25. The summed E-state index contributed by atoms with van der Waals surface area (Å²) < 4.78 is 16.3. The summed E-state index contributed by atoms with van der Waals surface area (Å²) in [6, 6.07) is 5.32. The first kappa shape index (κ1) is 12.9. The maximum Gasteiger partial charge on any atom is 0.244 e. The van der Waals surface area contributed by atoms with Crippen LogP contribution in [0.5, 0.6) is 11.5 Å². The zero-order chi connectivity index (χ0) is 14.1. The maximum absolute atomic E-state index is 6.00. The van der Waals surface area contributed by atoms with Gasteiger partial charge in [0.15, 0.2) is 11.5 Å². The molecule has 1 aliphatic rings. The Morgan fingerprint density at radius 1 is 1.15 bits per heavy atom. The van der Waals surface area contributed by atoms with Crippen molar-refractivity contribution in [3.63, 3.8) is 0 Å². The molecule has 1 aromatic heterocycles. The van der Waals surface area contributed by atoms with Crippen molar-refractivity contribution < 1.29 is 14.0 Å². The van der Waals surface area contributed by atoms with Gasteiger partial charge in [-0.1, -0.05) is 19.0 Å². The lowest BCUT2D eigenvalue weighted by atomic mass is 10.1. The van der Waals surface area contributed by atoms with Crippen molar-refractivity contribution in [2.75, 3.05) is 13.2 Å². The first-order valence-electron chi connectivity index (χ1n) is 6.64. The molecule has 0 fully saturated rings. The Morgan fingerprint density at radius 2 is 1.90 bits per heavy atom. The summed E-state index contributed by atoms with van der Waals surface area (Å²) in [5, 5.41) is 3.98. The summed E-state index contributed by atoms with van der Waals surface area (Å²) in [7, 11) is 0. The topological polar surface area (TPSA) is 83.4 Å². The lowest BCUT2D eigenvalue weighted by Crippen LogP contribution is -2.17. The molecule has 20 heavy (non-hydrogen) atoms. The fourth-order valence-electron chi connectivity index (χ4n) is 1.96. The molecular formula is C14H17N3O3. The second kappa shape index (κ2) is 5.13. The number of nitrogens with zero attached hydrogens (tertiary/aromatic N) is 2. The van der Waals surface area contributed by atoms with Crippen LogP contribution < -0.4 is 15.2 Å². The van der Waals surface area contributed by atoms with Crippen LogP contribution in [0, 0.1) is 5.92 Å². The number of nitrogens with two attached hydrogens (primary N) is 1. The van der Waals surface area contributed by atoms with Crippen molar-refractivity contribution in [2.24, 2.45) is 11.7 Å². The van der Waals surface area contributed by atoms with Crippen LogP contribution in [0.25, 0.3) is 11.4 Å². The fraction of sp³-hybridized carbons (Fsp3) is 0.429. The Labute approximate surface area is 116 Å². The van der Waals surface area contributed by atoms with Crippen molar-refractivity contribution in [2.45, 2.75) is 19.9 Å². The summed E-state index contributed by atoms with van der Waals surface area (Å²) in [6.45, 7) is 5.14. The second-order valence-electron chi connectivity index (χ2n) is 5.08. The van der Waals surface area contributed by atoms with Crippen molar-refractivity contribution in [1.29, 1.82) is 0 Å². The zero-order valence-electron chi connectivity index (χ0n) is 11.5. The minimum absolute atomic E-state index is 0.239. The van der Waals surface area contributed by atoms with Gasteiger partial charge in [0, 0.05) is 5.56 Å². The van der Waals surface area contributed by atoms with Gasteiger partial charge in [-0.25, -0.2) is 0 Å². The van der Waals surface area contributed by atoms with Crippen LogP contribution in [0.2, 0.25) is 0 Å². The molecule has 0 saturated heterocycles. The van der Waals surface area contributed by atoms with Crippen LogP contribution in [0.3, 0.4) is 0 Å². The molecule has 6 heteroatoms. The number of rotatable bonds is 3.